The van der Waals surface area contributed by atoms with Gasteiger partial charge in [-0.2, -0.15) is 9.40 Å². The first-order valence-corrected chi connectivity index (χ1v) is 11.1. The van der Waals surface area contributed by atoms with Crippen molar-refractivity contribution in [3.8, 4) is 11.4 Å². The lowest BCUT2D eigenvalue weighted by molar-refractivity contribution is 0.163. The zero-order chi connectivity index (χ0) is 19.7. The van der Waals surface area contributed by atoms with Crippen molar-refractivity contribution in [2.45, 2.75) is 32.2 Å². The van der Waals surface area contributed by atoms with E-state index >= 15 is 0 Å². The third-order valence-corrected chi connectivity index (χ3v) is 7.20. The van der Waals surface area contributed by atoms with Gasteiger partial charge in [-0.05, 0) is 38.3 Å². The summed E-state index contributed by atoms with van der Waals surface area (Å²) in [6.07, 6.45) is 2.25. The van der Waals surface area contributed by atoms with Gasteiger partial charge in [0, 0.05) is 36.9 Å². The predicted octanol–water partition coefficient (Wildman–Crippen LogP) is 1.81. The monoisotopic (exact) mass is 404 g/mol. The first-order valence-electron chi connectivity index (χ1n) is 9.47. The van der Waals surface area contributed by atoms with Crippen molar-refractivity contribution in [1.29, 1.82) is 0 Å². The number of likely N-dealkylation sites (tertiary alicyclic amines) is 1. The maximum Gasteiger partial charge on any atom is 0.321 e. The van der Waals surface area contributed by atoms with Crippen molar-refractivity contribution < 1.29 is 13.2 Å². The highest BCUT2D eigenvalue weighted by molar-refractivity contribution is 7.89. The van der Waals surface area contributed by atoms with Crippen LogP contribution in [0.2, 0.25) is 0 Å². The quantitative estimate of drug-likeness (QED) is 0.810. The molecule has 0 saturated carbocycles. The smallest absolute Gasteiger partial charge is 0.321 e. The summed E-state index contributed by atoms with van der Waals surface area (Å²) in [5, 5.41) is 9.86. The lowest BCUT2D eigenvalue weighted by Gasteiger charge is -2.36. The highest BCUT2D eigenvalue weighted by Gasteiger charge is 2.37. The predicted molar refractivity (Wildman–Crippen MR) is 105 cm³/mol. The number of urea groups is 1. The van der Waals surface area contributed by atoms with Crippen molar-refractivity contribution in [2.75, 3.05) is 30.7 Å². The van der Waals surface area contributed by atoms with Crippen molar-refractivity contribution in [2.24, 2.45) is 0 Å². The van der Waals surface area contributed by atoms with Gasteiger partial charge in [-0.1, -0.05) is 12.1 Å². The molecule has 1 aromatic heterocycles. The number of carbonyl (C=O) groups is 1. The highest BCUT2D eigenvalue weighted by atomic mass is 32.2. The molecule has 0 radical (unpaired) electrons. The van der Waals surface area contributed by atoms with Crippen molar-refractivity contribution in [3.05, 3.63) is 30.1 Å². The molecule has 4 rings (SSSR count). The number of anilines is 1. The Labute approximate surface area is 164 Å². The molecule has 2 fully saturated rings. The summed E-state index contributed by atoms with van der Waals surface area (Å²) in [6, 6.07) is 7.01. The van der Waals surface area contributed by atoms with Crippen LogP contribution in [0.15, 0.2) is 24.3 Å². The number of hydrogen-bond donors (Lipinski definition) is 2. The molecule has 10 heteroatoms. The molecule has 2 aliphatic heterocycles. The second-order valence-corrected chi connectivity index (χ2v) is 9.32. The fourth-order valence-electron chi connectivity index (χ4n) is 3.85. The Morgan fingerprint density at radius 2 is 2.14 bits per heavy atom. The van der Waals surface area contributed by atoms with Gasteiger partial charge in [-0.25, -0.2) is 18.2 Å². The average Bonchev–Trinajstić information content (AvgIpc) is 3.27. The third-order valence-electron chi connectivity index (χ3n) is 5.20. The van der Waals surface area contributed by atoms with Gasteiger partial charge in [0.05, 0.1) is 5.75 Å². The van der Waals surface area contributed by atoms with Crippen LogP contribution >= 0.6 is 0 Å². The number of benzene rings is 1. The Morgan fingerprint density at radius 1 is 1.29 bits per heavy atom. The largest absolute Gasteiger partial charge is 0.323 e. The maximum absolute atomic E-state index is 12.8. The molecule has 2 N–H and O–H groups in total. The highest BCUT2D eigenvalue weighted by Crippen LogP contribution is 2.25. The molecule has 2 aromatic rings. The normalized spacial score (nSPS) is 22.3. The molecule has 2 aliphatic rings. The van der Waals surface area contributed by atoms with Crippen molar-refractivity contribution in [3.63, 3.8) is 0 Å². The Balaban J connectivity index is 1.43. The number of aromatic nitrogens is 3. The van der Waals surface area contributed by atoms with Crippen LogP contribution in [0.5, 0.6) is 0 Å². The zero-order valence-electron chi connectivity index (χ0n) is 15.8. The lowest BCUT2D eigenvalue weighted by Crippen LogP contribution is -2.51. The van der Waals surface area contributed by atoms with E-state index in [4.69, 9.17) is 0 Å². The van der Waals surface area contributed by atoms with Crippen LogP contribution in [0.3, 0.4) is 0 Å². The van der Waals surface area contributed by atoms with Crippen LogP contribution in [0, 0.1) is 6.92 Å². The minimum atomic E-state index is -3.17. The molecule has 150 valence electrons. The molecular weight excluding hydrogens is 380 g/mol. The van der Waals surface area contributed by atoms with E-state index in [-0.39, 0.29) is 17.8 Å². The van der Waals surface area contributed by atoms with Crippen molar-refractivity contribution >= 4 is 21.7 Å². The standard InChI is InChI=1S/C18H24N6O3S/c1-13-19-17(22-21-13)14-5-2-6-15(11-14)20-18(25)23-8-3-7-16(12-23)24-9-4-10-28(24,26)27/h2,5-6,11,16H,3-4,7-10,12H2,1H3,(H,20,25)(H,19,21,22). The van der Waals surface area contributed by atoms with Crippen LogP contribution in [0.4, 0.5) is 10.5 Å². The molecule has 0 spiro atoms. The molecule has 1 atom stereocenters. The average molecular weight is 404 g/mol. The molecule has 0 bridgehead atoms. The number of nitrogens with one attached hydrogen (secondary N) is 2. The number of carbonyl (C=O) groups excluding carboxylic acids is 1. The summed E-state index contributed by atoms with van der Waals surface area (Å²) >= 11 is 0. The number of aromatic amines is 1. The Hall–Kier alpha value is -2.46. The summed E-state index contributed by atoms with van der Waals surface area (Å²) < 4.78 is 26.0. The second-order valence-electron chi connectivity index (χ2n) is 7.28. The number of hydrogen-bond acceptors (Lipinski definition) is 5. The molecule has 9 nitrogen and oxygen atoms in total. The molecule has 28 heavy (non-hydrogen) atoms. The molecule has 1 aromatic carbocycles. The topological polar surface area (TPSA) is 111 Å². The van der Waals surface area contributed by atoms with E-state index in [1.54, 1.807) is 9.21 Å². The van der Waals surface area contributed by atoms with Crippen LogP contribution in [-0.4, -0.2) is 70.3 Å². The van der Waals surface area contributed by atoms with Crippen LogP contribution in [-0.2, 0) is 10.0 Å². The number of piperidine rings is 1. The minimum Gasteiger partial charge on any atom is -0.323 e. The summed E-state index contributed by atoms with van der Waals surface area (Å²) in [6.45, 7) is 3.43. The Morgan fingerprint density at radius 3 is 2.86 bits per heavy atom. The third kappa shape index (κ3) is 3.88. The van der Waals surface area contributed by atoms with Gasteiger partial charge in [0.2, 0.25) is 10.0 Å². The molecule has 1 unspecified atom stereocenters. The van der Waals surface area contributed by atoms with Gasteiger partial charge in [0.1, 0.15) is 5.82 Å². The van der Waals surface area contributed by atoms with Crippen LogP contribution < -0.4 is 5.32 Å². The Bertz CT molecular complexity index is 973. The fourth-order valence-corrected chi connectivity index (χ4v) is 5.62. The minimum absolute atomic E-state index is 0.130. The molecule has 3 heterocycles. The number of H-pyrrole nitrogens is 1. The lowest BCUT2D eigenvalue weighted by atomic mass is 10.1. The Kier molecular flexibility index (Phi) is 5.07. The number of amides is 2. The van der Waals surface area contributed by atoms with Gasteiger partial charge >= 0.3 is 6.03 Å². The summed E-state index contributed by atoms with van der Waals surface area (Å²) in [4.78, 5) is 18.8. The van der Waals surface area contributed by atoms with Crippen LogP contribution in [0.1, 0.15) is 25.1 Å². The van der Waals surface area contributed by atoms with Gasteiger partial charge in [0.25, 0.3) is 0 Å². The van der Waals surface area contributed by atoms with Gasteiger partial charge in [-0.3, -0.25) is 5.10 Å². The SMILES string of the molecule is Cc1nc(-c2cccc(NC(=O)N3CCCC(N4CCCS4(=O)=O)C3)c2)n[nH]1. The first-order chi connectivity index (χ1) is 13.4. The maximum atomic E-state index is 12.8. The summed E-state index contributed by atoms with van der Waals surface area (Å²) in [5.41, 5.74) is 1.46. The number of aryl methyl sites for hydroxylation is 1. The summed E-state index contributed by atoms with van der Waals surface area (Å²) in [7, 11) is -3.17. The summed E-state index contributed by atoms with van der Waals surface area (Å²) in [5.74, 6) is 1.51. The fraction of sp³-hybridized carbons (Fsp3) is 0.500. The molecule has 2 saturated heterocycles. The number of rotatable bonds is 3. The number of sulfonamides is 1. The van der Waals surface area contributed by atoms with Crippen LogP contribution in [0.25, 0.3) is 11.4 Å². The zero-order valence-corrected chi connectivity index (χ0v) is 16.6. The van der Waals surface area contributed by atoms with E-state index in [1.807, 2.05) is 31.2 Å². The second kappa shape index (κ2) is 7.51. The van der Waals surface area contributed by atoms with E-state index in [0.717, 1.165) is 24.2 Å². The van der Waals surface area contributed by atoms with E-state index in [2.05, 4.69) is 20.5 Å². The van der Waals surface area contributed by atoms with E-state index < -0.39 is 10.0 Å². The van der Waals surface area contributed by atoms with Gasteiger partial charge in [0.15, 0.2) is 5.82 Å². The molecular formula is C18H24N6O3S. The van der Waals surface area contributed by atoms with Gasteiger partial charge in [-0.15, -0.1) is 0 Å². The van der Waals surface area contributed by atoms with E-state index in [1.165, 1.54) is 0 Å². The van der Waals surface area contributed by atoms with E-state index in [9.17, 15) is 13.2 Å². The molecule has 2 amide bonds. The number of nitrogens with zero attached hydrogens (tertiary/aromatic N) is 4. The van der Waals surface area contributed by atoms with Gasteiger partial charge < -0.3 is 10.2 Å². The van der Waals surface area contributed by atoms with Crippen molar-refractivity contribution in [1.82, 2.24) is 24.4 Å². The first kappa shape index (κ1) is 18.9. The molecule has 0 aliphatic carbocycles. The van der Waals surface area contributed by atoms with E-state index in [0.29, 0.717) is 37.6 Å².